The normalized spacial score (nSPS) is 13.7. The zero-order valence-corrected chi connectivity index (χ0v) is 16.6. The SMILES string of the molecule is CCNC(=NCCC(C)N(C)Cc1ccccc1)NCCS(C)(=O)=O. The number of aliphatic imine (C=N–C) groups is 1. The van der Waals surface area contributed by atoms with Crippen LogP contribution in [-0.2, 0) is 16.4 Å². The van der Waals surface area contributed by atoms with Gasteiger partial charge in [0, 0.05) is 38.5 Å². The van der Waals surface area contributed by atoms with E-state index >= 15 is 0 Å². The first-order valence-corrected chi connectivity index (χ1v) is 10.8. The van der Waals surface area contributed by atoms with Gasteiger partial charge in [-0.25, -0.2) is 8.42 Å². The van der Waals surface area contributed by atoms with Gasteiger partial charge in [0.15, 0.2) is 5.96 Å². The van der Waals surface area contributed by atoms with Crippen LogP contribution in [0.15, 0.2) is 35.3 Å². The van der Waals surface area contributed by atoms with Crippen molar-refractivity contribution in [2.75, 3.05) is 38.7 Å². The van der Waals surface area contributed by atoms with Crippen LogP contribution in [0.2, 0.25) is 0 Å². The average Bonchev–Trinajstić information content (AvgIpc) is 2.54. The molecule has 0 aliphatic carbocycles. The quantitative estimate of drug-likeness (QED) is 0.484. The molecule has 0 fully saturated rings. The van der Waals surface area contributed by atoms with Crippen LogP contribution in [0, 0.1) is 0 Å². The molecule has 0 saturated heterocycles. The summed E-state index contributed by atoms with van der Waals surface area (Å²) >= 11 is 0. The van der Waals surface area contributed by atoms with Crippen molar-refractivity contribution in [2.45, 2.75) is 32.9 Å². The Balaban J connectivity index is 2.42. The van der Waals surface area contributed by atoms with Crippen LogP contribution < -0.4 is 10.6 Å². The third-order valence-corrected chi connectivity index (χ3v) is 4.90. The van der Waals surface area contributed by atoms with E-state index in [0.717, 1.165) is 19.5 Å². The van der Waals surface area contributed by atoms with Gasteiger partial charge in [-0.3, -0.25) is 9.89 Å². The minimum atomic E-state index is -2.96. The van der Waals surface area contributed by atoms with Gasteiger partial charge in [-0.05, 0) is 32.9 Å². The number of hydrogen-bond donors (Lipinski definition) is 2. The smallest absolute Gasteiger partial charge is 0.191 e. The second kappa shape index (κ2) is 11.1. The topological polar surface area (TPSA) is 73.8 Å². The molecule has 25 heavy (non-hydrogen) atoms. The Hall–Kier alpha value is -1.60. The molecule has 0 aliphatic heterocycles. The monoisotopic (exact) mass is 368 g/mol. The van der Waals surface area contributed by atoms with Crippen LogP contribution in [-0.4, -0.2) is 64.0 Å². The van der Waals surface area contributed by atoms with Crippen molar-refractivity contribution in [3.8, 4) is 0 Å². The van der Waals surface area contributed by atoms with Crippen LogP contribution >= 0.6 is 0 Å². The highest BCUT2D eigenvalue weighted by Gasteiger charge is 2.09. The molecule has 0 saturated carbocycles. The van der Waals surface area contributed by atoms with E-state index in [1.165, 1.54) is 11.8 Å². The van der Waals surface area contributed by atoms with Crippen LogP contribution in [0.25, 0.3) is 0 Å². The lowest BCUT2D eigenvalue weighted by atomic mass is 10.1. The molecule has 2 N–H and O–H groups in total. The van der Waals surface area contributed by atoms with Crippen molar-refractivity contribution < 1.29 is 8.42 Å². The van der Waals surface area contributed by atoms with E-state index in [-0.39, 0.29) is 5.75 Å². The van der Waals surface area contributed by atoms with Crippen LogP contribution in [0.5, 0.6) is 0 Å². The minimum absolute atomic E-state index is 0.105. The second-order valence-electron chi connectivity index (χ2n) is 6.36. The van der Waals surface area contributed by atoms with E-state index in [4.69, 9.17) is 0 Å². The summed E-state index contributed by atoms with van der Waals surface area (Å²) in [5.74, 6) is 0.775. The summed E-state index contributed by atoms with van der Waals surface area (Å²) < 4.78 is 22.4. The average molecular weight is 369 g/mol. The van der Waals surface area contributed by atoms with Gasteiger partial charge in [0.05, 0.1) is 5.75 Å². The fraction of sp³-hybridized carbons (Fsp3) is 0.611. The molecule has 0 heterocycles. The number of rotatable bonds is 10. The Morgan fingerprint density at radius 1 is 1.24 bits per heavy atom. The van der Waals surface area contributed by atoms with Crippen LogP contribution in [0.1, 0.15) is 25.8 Å². The molecule has 0 amide bonds. The maximum absolute atomic E-state index is 11.2. The van der Waals surface area contributed by atoms with E-state index in [2.05, 4.69) is 58.8 Å². The van der Waals surface area contributed by atoms with Crippen molar-refractivity contribution >= 4 is 15.8 Å². The highest BCUT2D eigenvalue weighted by molar-refractivity contribution is 7.90. The Kier molecular flexibility index (Phi) is 9.52. The predicted molar refractivity (Wildman–Crippen MR) is 106 cm³/mol. The van der Waals surface area contributed by atoms with Gasteiger partial charge in [0.25, 0.3) is 0 Å². The predicted octanol–water partition coefficient (Wildman–Crippen LogP) is 1.50. The number of guanidine groups is 1. The molecule has 6 nitrogen and oxygen atoms in total. The third-order valence-electron chi connectivity index (χ3n) is 3.95. The summed E-state index contributed by atoms with van der Waals surface area (Å²) in [4.78, 5) is 6.85. The zero-order chi connectivity index (χ0) is 18.7. The van der Waals surface area contributed by atoms with E-state index in [1.807, 2.05) is 13.0 Å². The minimum Gasteiger partial charge on any atom is -0.357 e. The lowest BCUT2D eigenvalue weighted by Gasteiger charge is -2.24. The number of benzene rings is 1. The molecule has 142 valence electrons. The van der Waals surface area contributed by atoms with Gasteiger partial charge in [-0.1, -0.05) is 30.3 Å². The molecule has 1 unspecified atom stereocenters. The van der Waals surface area contributed by atoms with Crippen LogP contribution in [0.4, 0.5) is 0 Å². The molecule has 7 heteroatoms. The van der Waals surface area contributed by atoms with Crippen molar-refractivity contribution in [2.24, 2.45) is 4.99 Å². The molecule has 0 aliphatic rings. The summed E-state index contributed by atoms with van der Waals surface area (Å²) in [7, 11) is -0.840. The Labute approximate surface area is 152 Å². The van der Waals surface area contributed by atoms with Gasteiger partial charge < -0.3 is 10.6 Å². The van der Waals surface area contributed by atoms with Gasteiger partial charge in [0.2, 0.25) is 0 Å². The lowest BCUT2D eigenvalue weighted by Crippen LogP contribution is -2.39. The molecule has 1 aromatic rings. The third kappa shape index (κ3) is 10.1. The van der Waals surface area contributed by atoms with E-state index in [9.17, 15) is 8.42 Å². The lowest BCUT2D eigenvalue weighted by molar-refractivity contribution is 0.240. The van der Waals surface area contributed by atoms with E-state index < -0.39 is 9.84 Å². The second-order valence-corrected chi connectivity index (χ2v) is 8.62. The van der Waals surface area contributed by atoms with Crippen molar-refractivity contribution in [1.82, 2.24) is 15.5 Å². The van der Waals surface area contributed by atoms with Gasteiger partial charge in [-0.15, -0.1) is 0 Å². The summed E-state index contributed by atoms with van der Waals surface area (Å²) in [5.41, 5.74) is 1.30. The number of sulfone groups is 1. The van der Waals surface area contributed by atoms with E-state index in [1.54, 1.807) is 0 Å². The molecule has 0 bridgehead atoms. The first-order chi connectivity index (χ1) is 11.8. The fourth-order valence-corrected chi connectivity index (χ4v) is 2.78. The molecule has 0 aromatic heterocycles. The van der Waals surface area contributed by atoms with Gasteiger partial charge in [0.1, 0.15) is 9.84 Å². The summed E-state index contributed by atoms with van der Waals surface area (Å²) in [5, 5.41) is 6.21. The van der Waals surface area contributed by atoms with Crippen molar-refractivity contribution in [1.29, 1.82) is 0 Å². The Morgan fingerprint density at radius 2 is 1.92 bits per heavy atom. The summed E-state index contributed by atoms with van der Waals surface area (Å²) in [6.07, 6.45) is 2.18. The maximum Gasteiger partial charge on any atom is 0.191 e. The first-order valence-electron chi connectivity index (χ1n) is 8.76. The molecule has 1 rings (SSSR count). The molecule has 0 spiro atoms. The molecular formula is C18H32N4O2S. The van der Waals surface area contributed by atoms with Gasteiger partial charge >= 0.3 is 0 Å². The Bertz CT molecular complexity index is 617. The number of nitrogens with one attached hydrogen (secondary N) is 2. The van der Waals surface area contributed by atoms with Crippen molar-refractivity contribution in [3.05, 3.63) is 35.9 Å². The van der Waals surface area contributed by atoms with Crippen molar-refractivity contribution in [3.63, 3.8) is 0 Å². The zero-order valence-electron chi connectivity index (χ0n) is 15.8. The highest BCUT2D eigenvalue weighted by atomic mass is 32.2. The standard InChI is InChI=1S/C18H32N4O2S/c1-5-19-18(21-13-14-25(4,23)24)20-12-11-16(2)22(3)15-17-9-7-6-8-10-17/h6-10,16H,5,11-15H2,1-4H3,(H2,19,20,21). The molecule has 1 atom stereocenters. The Morgan fingerprint density at radius 3 is 2.52 bits per heavy atom. The number of hydrogen-bond acceptors (Lipinski definition) is 4. The van der Waals surface area contributed by atoms with Crippen LogP contribution in [0.3, 0.4) is 0 Å². The maximum atomic E-state index is 11.2. The largest absolute Gasteiger partial charge is 0.357 e. The van der Waals surface area contributed by atoms with Gasteiger partial charge in [-0.2, -0.15) is 0 Å². The first kappa shape index (κ1) is 21.4. The molecule has 1 aromatic carbocycles. The summed E-state index contributed by atoms with van der Waals surface area (Å²) in [6.45, 7) is 6.90. The summed E-state index contributed by atoms with van der Waals surface area (Å²) in [6, 6.07) is 10.8. The van der Waals surface area contributed by atoms with E-state index in [0.29, 0.717) is 25.1 Å². The molecule has 0 radical (unpaired) electrons. The fourth-order valence-electron chi connectivity index (χ4n) is 2.31. The molecular weight excluding hydrogens is 336 g/mol. The number of nitrogens with zero attached hydrogens (tertiary/aromatic N) is 2. The highest BCUT2D eigenvalue weighted by Crippen LogP contribution is 2.08.